The highest BCUT2D eigenvalue weighted by molar-refractivity contribution is 7.16. The van der Waals surface area contributed by atoms with Crippen LogP contribution in [0, 0.1) is 6.92 Å². The van der Waals surface area contributed by atoms with Gasteiger partial charge in [-0.2, -0.15) is 0 Å². The van der Waals surface area contributed by atoms with Gasteiger partial charge in [-0.25, -0.2) is 15.0 Å². The lowest BCUT2D eigenvalue weighted by Crippen LogP contribution is -2.11. The zero-order valence-electron chi connectivity index (χ0n) is 13.4. The molecule has 2 aromatic carbocycles. The van der Waals surface area contributed by atoms with Gasteiger partial charge in [0.05, 0.1) is 21.4 Å². The number of hydrogen-bond acceptors (Lipinski definition) is 5. The maximum atomic E-state index is 12.5. The summed E-state index contributed by atoms with van der Waals surface area (Å²) in [6.45, 7) is 1.85. The zero-order chi connectivity index (χ0) is 17.2. The van der Waals surface area contributed by atoms with E-state index in [0.29, 0.717) is 11.4 Å². The molecule has 2 heterocycles. The normalized spacial score (nSPS) is 10.8. The molecule has 0 bridgehead atoms. The van der Waals surface area contributed by atoms with Gasteiger partial charge in [-0.15, -0.1) is 11.3 Å². The number of carbonyl (C=O) groups is 1. The average molecular weight is 346 g/mol. The summed E-state index contributed by atoms with van der Waals surface area (Å²) in [6.07, 6.45) is 1.73. The smallest absolute Gasteiger partial charge is 0.255 e. The van der Waals surface area contributed by atoms with E-state index in [2.05, 4.69) is 20.3 Å². The van der Waals surface area contributed by atoms with Crippen molar-refractivity contribution in [2.24, 2.45) is 0 Å². The largest absolute Gasteiger partial charge is 0.322 e. The van der Waals surface area contributed by atoms with Crippen LogP contribution in [0.15, 0.2) is 60.2 Å². The zero-order valence-corrected chi connectivity index (χ0v) is 14.2. The molecule has 0 aliphatic rings. The minimum absolute atomic E-state index is 0.147. The van der Waals surface area contributed by atoms with Crippen LogP contribution in [0.1, 0.15) is 16.2 Å². The standard InChI is InChI=1S/C19H14N4OS/c1-12-20-8-7-16(22-12)13-3-2-4-15(9-13)23-19(24)14-5-6-17-18(10-14)25-11-21-17/h2-11H,1H3,(H,23,24). The Morgan fingerprint density at radius 2 is 2.00 bits per heavy atom. The van der Waals surface area contributed by atoms with Gasteiger partial charge >= 0.3 is 0 Å². The molecule has 0 unspecified atom stereocenters. The van der Waals surface area contributed by atoms with Crippen LogP contribution in [0.3, 0.4) is 0 Å². The highest BCUT2D eigenvalue weighted by Gasteiger charge is 2.09. The van der Waals surface area contributed by atoms with Crippen molar-refractivity contribution in [3.63, 3.8) is 0 Å². The number of aryl methyl sites for hydroxylation is 1. The lowest BCUT2D eigenvalue weighted by atomic mass is 10.1. The van der Waals surface area contributed by atoms with Crippen molar-refractivity contribution >= 4 is 33.1 Å². The third-order valence-corrected chi connectivity index (χ3v) is 4.58. The van der Waals surface area contributed by atoms with E-state index in [1.807, 2.05) is 49.4 Å². The van der Waals surface area contributed by atoms with E-state index in [1.54, 1.807) is 17.8 Å². The Kier molecular flexibility index (Phi) is 3.95. The number of nitrogens with one attached hydrogen (secondary N) is 1. The molecule has 4 aromatic rings. The van der Waals surface area contributed by atoms with Crippen molar-refractivity contribution < 1.29 is 4.79 Å². The second-order valence-corrected chi connectivity index (χ2v) is 6.45. The summed E-state index contributed by atoms with van der Waals surface area (Å²) in [5.74, 6) is 0.566. The number of carbonyl (C=O) groups excluding carboxylic acids is 1. The molecule has 1 N–H and O–H groups in total. The fourth-order valence-electron chi connectivity index (χ4n) is 2.57. The van der Waals surface area contributed by atoms with E-state index in [-0.39, 0.29) is 5.91 Å². The van der Waals surface area contributed by atoms with Crippen molar-refractivity contribution in [1.82, 2.24) is 15.0 Å². The summed E-state index contributed by atoms with van der Waals surface area (Å²) < 4.78 is 0.998. The Labute approximate surface area is 148 Å². The minimum atomic E-state index is -0.147. The van der Waals surface area contributed by atoms with Gasteiger partial charge in [0, 0.05) is 23.0 Å². The molecule has 122 valence electrons. The van der Waals surface area contributed by atoms with Gasteiger partial charge < -0.3 is 5.32 Å². The van der Waals surface area contributed by atoms with E-state index in [9.17, 15) is 4.79 Å². The number of aromatic nitrogens is 3. The predicted octanol–water partition coefficient (Wildman–Crippen LogP) is 4.31. The van der Waals surface area contributed by atoms with Gasteiger partial charge in [-0.1, -0.05) is 12.1 Å². The van der Waals surface area contributed by atoms with Crippen LogP contribution < -0.4 is 5.32 Å². The minimum Gasteiger partial charge on any atom is -0.322 e. The second-order valence-electron chi connectivity index (χ2n) is 5.56. The van der Waals surface area contributed by atoms with Gasteiger partial charge in [-0.3, -0.25) is 4.79 Å². The molecule has 0 atom stereocenters. The molecule has 5 nitrogen and oxygen atoms in total. The number of hydrogen-bond donors (Lipinski definition) is 1. The van der Waals surface area contributed by atoms with Crippen LogP contribution >= 0.6 is 11.3 Å². The molecule has 0 fully saturated rings. The molecular weight excluding hydrogens is 332 g/mol. The third kappa shape index (κ3) is 3.25. The van der Waals surface area contributed by atoms with Crippen molar-refractivity contribution in [3.8, 4) is 11.3 Å². The lowest BCUT2D eigenvalue weighted by molar-refractivity contribution is 0.102. The number of fused-ring (bicyclic) bond motifs is 1. The van der Waals surface area contributed by atoms with Crippen LogP contribution in [0.2, 0.25) is 0 Å². The quantitative estimate of drug-likeness (QED) is 0.600. The number of nitrogens with zero attached hydrogens (tertiary/aromatic N) is 3. The van der Waals surface area contributed by atoms with Gasteiger partial charge in [0.1, 0.15) is 5.82 Å². The van der Waals surface area contributed by atoms with E-state index in [4.69, 9.17) is 0 Å². The second kappa shape index (κ2) is 6.41. The van der Waals surface area contributed by atoms with Crippen molar-refractivity contribution in [3.05, 3.63) is 71.6 Å². The Hall–Kier alpha value is -3.12. The maximum absolute atomic E-state index is 12.5. The molecule has 0 aliphatic carbocycles. The molecule has 0 saturated carbocycles. The fourth-order valence-corrected chi connectivity index (χ4v) is 3.29. The molecule has 2 aromatic heterocycles. The summed E-state index contributed by atoms with van der Waals surface area (Å²) in [5, 5.41) is 2.94. The van der Waals surface area contributed by atoms with Gasteiger partial charge in [0.15, 0.2) is 0 Å². The van der Waals surface area contributed by atoms with E-state index >= 15 is 0 Å². The number of benzene rings is 2. The van der Waals surface area contributed by atoms with Gasteiger partial charge in [0.2, 0.25) is 0 Å². The first-order valence-corrected chi connectivity index (χ1v) is 8.62. The van der Waals surface area contributed by atoms with Crippen LogP contribution in [0.5, 0.6) is 0 Å². The SMILES string of the molecule is Cc1nccc(-c2cccc(NC(=O)c3ccc4ncsc4c3)c2)n1. The molecule has 4 rings (SSSR count). The topological polar surface area (TPSA) is 67.8 Å². The van der Waals surface area contributed by atoms with Crippen LogP contribution in [0.25, 0.3) is 21.5 Å². The van der Waals surface area contributed by atoms with Crippen LogP contribution in [-0.4, -0.2) is 20.9 Å². The van der Waals surface area contributed by atoms with Crippen molar-refractivity contribution in [2.75, 3.05) is 5.32 Å². The van der Waals surface area contributed by atoms with Crippen LogP contribution in [-0.2, 0) is 0 Å². The summed E-state index contributed by atoms with van der Waals surface area (Å²) in [7, 11) is 0. The van der Waals surface area contributed by atoms with E-state index in [0.717, 1.165) is 27.2 Å². The molecular formula is C19H14N4OS. The lowest BCUT2D eigenvalue weighted by Gasteiger charge is -2.08. The molecule has 0 spiro atoms. The summed E-state index contributed by atoms with van der Waals surface area (Å²) in [6, 6.07) is 15.0. The fraction of sp³-hybridized carbons (Fsp3) is 0.0526. The molecule has 0 radical (unpaired) electrons. The predicted molar refractivity (Wildman–Crippen MR) is 99.8 cm³/mol. The molecule has 0 aliphatic heterocycles. The first kappa shape index (κ1) is 15.4. The first-order valence-electron chi connectivity index (χ1n) is 7.74. The third-order valence-electron chi connectivity index (χ3n) is 3.79. The highest BCUT2D eigenvalue weighted by Crippen LogP contribution is 2.23. The Bertz CT molecular complexity index is 1070. The van der Waals surface area contributed by atoms with Crippen molar-refractivity contribution in [2.45, 2.75) is 6.92 Å². The number of thiazole rings is 1. The van der Waals surface area contributed by atoms with Crippen molar-refractivity contribution in [1.29, 1.82) is 0 Å². The maximum Gasteiger partial charge on any atom is 0.255 e. The number of anilines is 1. The van der Waals surface area contributed by atoms with Crippen LogP contribution in [0.4, 0.5) is 5.69 Å². The Balaban J connectivity index is 1.60. The monoisotopic (exact) mass is 346 g/mol. The summed E-state index contributed by atoms with van der Waals surface area (Å²) >= 11 is 1.52. The molecule has 0 saturated heterocycles. The number of amides is 1. The van der Waals surface area contributed by atoms with Gasteiger partial charge in [-0.05, 0) is 43.3 Å². The summed E-state index contributed by atoms with van der Waals surface area (Å²) in [5.41, 5.74) is 5.78. The molecule has 6 heteroatoms. The summed E-state index contributed by atoms with van der Waals surface area (Å²) in [4.78, 5) is 25.3. The number of rotatable bonds is 3. The van der Waals surface area contributed by atoms with E-state index in [1.165, 1.54) is 11.3 Å². The average Bonchev–Trinajstić information content (AvgIpc) is 3.09. The Morgan fingerprint density at radius 1 is 1.08 bits per heavy atom. The van der Waals surface area contributed by atoms with Gasteiger partial charge in [0.25, 0.3) is 5.91 Å². The Morgan fingerprint density at radius 3 is 2.88 bits per heavy atom. The highest BCUT2D eigenvalue weighted by atomic mass is 32.1. The molecule has 25 heavy (non-hydrogen) atoms. The van der Waals surface area contributed by atoms with E-state index < -0.39 is 0 Å². The first-order chi connectivity index (χ1) is 12.2. The molecule has 1 amide bonds.